The van der Waals surface area contributed by atoms with Gasteiger partial charge < -0.3 is 15.4 Å². The second kappa shape index (κ2) is 9.72. The zero-order chi connectivity index (χ0) is 18.9. The largest absolute Gasteiger partial charge is 0.452 e. The van der Waals surface area contributed by atoms with E-state index in [0.717, 1.165) is 12.8 Å². The summed E-state index contributed by atoms with van der Waals surface area (Å²) in [7, 11) is 0. The van der Waals surface area contributed by atoms with Gasteiger partial charge in [0.1, 0.15) is 0 Å². The lowest BCUT2D eigenvalue weighted by Gasteiger charge is -2.12. The van der Waals surface area contributed by atoms with E-state index in [4.69, 9.17) is 4.74 Å². The quantitative estimate of drug-likeness (QED) is 0.693. The highest BCUT2D eigenvalue weighted by molar-refractivity contribution is 7.12. The predicted octanol–water partition coefficient (Wildman–Crippen LogP) is 3.46. The highest BCUT2D eigenvalue weighted by Gasteiger charge is 2.12. The first-order valence-electron chi connectivity index (χ1n) is 8.41. The van der Waals surface area contributed by atoms with Crippen LogP contribution in [0.3, 0.4) is 0 Å². The Balaban J connectivity index is 1.82. The van der Waals surface area contributed by atoms with Crippen molar-refractivity contribution in [1.29, 1.82) is 0 Å². The van der Waals surface area contributed by atoms with Gasteiger partial charge in [-0.1, -0.05) is 19.4 Å². The third kappa shape index (κ3) is 6.00. The molecule has 7 heteroatoms. The molecule has 0 unspecified atom stereocenters. The molecule has 0 saturated carbocycles. The van der Waals surface area contributed by atoms with Crippen molar-refractivity contribution in [1.82, 2.24) is 5.32 Å². The molecule has 138 valence electrons. The first kappa shape index (κ1) is 19.7. The van der Waals surface area contributed by atoms with Crippen LogP contribution < -0.4 is 10.6 Å². The van der Waals surface area contributed by atoms with Crippen molar-refractivity contribution in [3.05, 3.63) is 52.2 Å². The summed E-state index contributed by atoms with van der Waals surface area (Å²) in [6, 6.07) is 9.92. The average molecular weight is 374 g/mol. The number of nitrogens with one attached hydrogen (secondary N) is 2. The molecule has 0 spiro atoms. The number of benzene rings is 1. The normalized spacial score (nSPS) is 11.5. The van der Waals surface area contributed by atoms with Crippen molar-refractivity contribution in [2.24, 2.45) is 0 Å². The molecule has 1 atom stereocenters. The van der Waals surface area contributed by atoms with Crippen molar-refractivity contribution in [3.63, 3.8) is 0 Å². The molecule has 1 heterocycles. The zero-order valence-electron chi connectivity index (χ0n) is 14.8. The van der Waals surface area contributed by atoms with Gasteiger partial charge in [-0.3, -0.25) is 9.59 Å². The van der Waals surface area contributed by atoms with Crippen molar-refractivity contribution >= 4 is 34.8 Å². The summed E-state index contributed by atoms with van der Waals surface area (Å²) in [6.45, 7) is 3.63. The fourth-order valence-corrected chi connectivity index (χ4v) is 2.95. The van der Waals surface area contributed by atoms with Gasteiger partial charge in [0.25, 0.3) is 11.8 Å². The standard InChI is InChI=1S/C19H22N2O4S/c1-3-5-13(2)20-17(22)12-25-19(24)14-7-9-15(10-8-14)21-18(23)16-6-4-11-26-16/h4,6-11,13H,3,5,12H2,1-2H3,(H,20,22)(H,21,23)/t13-/m0/s1. The van der Waals surface area contributed by atoms with E-state index in [9.17, 15) is 14.4 Å². The minimum Gasteiger partial charge on any atom is -0.452 e. The third-order valence-corrected chi connectivity index (χ3v) is 4.46. The molecule has 0 aliphatic carbocycles. The minimum absolute atomic E-state index is 0.0532. The Bertz CT molecular complexity index is 741. The van der Waals surface area contributed by atoms with Crippen molar-refractivity contribution in [3.8, 4) is 0 Å². The highest BCUT2D eigenvalue weighted by atomic mass is 32.1. The Morgan fingerprint density at radius 1 is 1.15 bits per heavy atom. The van der Waals surface area contributed by atoms with Crippen LogP contribution in [0, 0.1) is 0 Å². The molecular weight excluding hydrogens is 352 g/mol. The van der Waals surface area contributed by atoms with Gasteiger partial charge in [0.05, 0.1) is 10.4 Å². The number of carbonyl (C=O) groups excluding carboxylic acids is 3. The van der Waals surface area contributed by atoms with E-state index in [2.05, 4.69) is 10.6 Å². The zero-order valence-corrected chi connectivity index (χ0v) is 15.6. The van der Waals surface area contributed by atoms with Gasteiger partial charge in [-0.05, 0) is 49.1 Å². The van der Waals surface area contributed by atoms with E-state index in [1.165, 1.54) is 11.3 Å². The van der Waals surface area contributed by atoms with Gasteiger partial charge in [0.15, 0.2) is 6.61 Å². The van der Waals surface area contributed by atoms with Crippen LogP contribution in [0.4, 0.5) is 5.69 Å². The number of ether oxygens (including phenoxy) is 1. The molecule has 0 aliphatic heterocycles. The summed E-state index contributed by atoms with van der Waals surface area (Å²) in [6.07, 6.45) is 1.84. The molecule has 0 fully saturated rings. The molecule has 2 rings (SSSR count). The molecule has 6 nitrogen and oxygen atoms in total. The second-order valence-corrected chi connectivity index (χ2v) is 6.79. The molecule has 1 aromatic carbocycles. The topological polar surface area (TPSA) is 84.5 Å². The first-order chi connectivity index (χ1) is 12.5. The number of hydrogen-bond acceptors (Lipinski definition) is 5. The smallest absolute Gasteiger partial charge is 0.338 e. The van der Waals surface area contributed by atoms with Gasteiger partial charge in [-0.15, -0.1) is 11.3 Å². The van der Waals surface area contributed by atoms with E-state index in [-0.39, 0.29) is 24.5 Å². The highest BCUT2D eigenvalue weighted by Crippen LogP contribution is 2.14. The van der Waals surface area contributed by atoms with Gasteiger partial charge >= 0.3 is 5.97 Å². The Morgan fingerprint density at radius 3 is 2.50 bits per heavy atom. The van der Waals surface area contributed by atoms with E-state index in [1.807, 2.05) is 19.2 Å². The molecule has 2 aromatic rings. The molecule has 0 radical (unpaired) electrons. The lowest BCUT2D eigenvalue weighted by molar-refractivity contribution is -0.124. The minimum atomic E-state index is -0.584. The average Bonchev–Trinajstić information content (AvgIpc) is 3.15. The van der Waals surface area contributed by atoms with E-state index >= 15 is 0 Å². The van der Waals surface area contributed by atoms with Gasteiger partial charge in [-0.2, -0.15) is 0 Å². The summed E-state index contributed by atoms with van der Waals surface area (Å²) < 4.78 is 5.01. The van der Waals surface area contributed by atoms with E-state index < -0.39 is 5.97 Å². The number of amides is 2. The lowest BCUT2D eigenvalue weighted by Crippen LogP contribution is -2.35. The lowest BCUT2D eigenvalue weighted by atomic mass is 10.2. The molecule has 26 heavy (non-hydrogen) atoms. The molecular formula is C19H22N2O4S. The molecule has 0 aliphatic rings. The van der Waals surface area contributed by atoms with Crippen LogP contribution in [0.25, 0.3) is 0 Å². The Kier molecular flexibility index (Phi) is 7.35. The van der Waals surface area contributed by atoms with Gasteiger partial charge in [-0.25, -0.2) is 4.79 Å². The second-order valence-electron chi connectivity index (χ2n) is 5.84. The number of thiophene rings is 1. The van der Waals surface area contributed by atoms with Crippen molar-refractivity contribution < 1.29 is 19.1 Å². The van der Waals surface area contributed by atoms with Crippen LogP contribution in [0.1, 0.15) is 46.7 Å². The number of anilines is 1. The summed E-state index contributed by atoms with van der Waals surface area (Å²) >= 11 is 1.35. The van der Waals surface area contributed by atoms with Crippen LogP contribution >= 0.6 is 11.3 Å². The van der Waals surface area contributed by atoms with Crippen molar-refractivity contribution in [2.75, 3.05) is 11.9 Å². The fraction of sp³-hybridized carbons (Fsp3) is 0.316. The number of rotatable bonds is 8. The number of carbonyl (C=O) groups is 3. The van der Waals surface area contributed by atoms with Crippen LogP contribution in [0.5, 0.6) is 0 Å². The monoisotopic (exact) mass is 374 g/mol. The first-order valence-corrected chi connectivity index (χ1v) is 9.29. The summed E-state index contributed by atoms with van der Waals surface area (Å²) in [5, 5.41) is 7.35. The Morgan fingerprint density at radius 2 is 1.88 bits per heavy atom. The molecule has 2 N–H and O–H groups in total. The maximum Gasteiger partial charge on any atom is 0.338 e. The predicted molar refractivity (Wildman–Crippen MR) is 102 cm³/mol. The maximum absolute atomic E-state index is 12.0. The van der Waals surface area contributed by atoms with Crippen LogP contribution in [0.15, 0.2) is 41.8 Å². The van der Waals surface area contributed by atoms with Crippen LogP contribution in [-0.2, 0) is 9.53 Å². The molecule has 0 bridgehead atoms. The number of hydrogen-bond donors (Lipinski definition) is 2. The van der Waals surface area contributed by atoms with Crippen molar-refractivity contribution in [2.45, 2.75) is 32.7 Å². The van der Waals surface area contributed by atoms with Gasteiger partial charge in [0.2, 0.25) is 0 Å². The Hall–Kier alpha value is -2.67. The number of esters is 1. The third-order valence-electron chi connectivity index (χ3n) is 3.59. The van der Waals surface area contributed by atoms with E-state index in [1.54, 1.807) is 36.4 Å². The molecule has 0 saturated heterocycles. The molecule has 2 amide bonds. The van der Waals surface area contributed by atoms with Crippen LogP contribution in [-0.4, -0.2) is 30.4 Å². The van der Waals surface area contributed by atoms with Gasteiger partial charge in [0, 0.05) is 11.7 Å². The Labute approximate surface area is 156 Å². The van der Waals surface area contributed by atoms with E-state index in [0.29, 0.717) is 16.1 Å². The SMILES string of the molecule is CCC[C@H](C)NC(=O)COC(=O)c1ccc(NC(=O)c2cccs2)cc1. The maximum atomic E-state index is 12.0. The summed E-state index contributed by atoms with van der Waals surface area (Å²) in [5.74, 6) is -1.10. The summed E-state index contributed by atoms with van der Waals surface area (Å²) in [5.41, 5.74) is 0.889. The summed E-state index contributed by atoms with van der Waals surface area (Å²) in [4.78, 5) is 36.3. The molecule has 1 aromatic heterocycles. The fourth-order valence-electron chi connectivity index (χ4n) is 2.33. The van der Waals surface area contributed by atoms with Crippen LogP contribution in [0.2, 0.25) is 0 Å².